The summed E-state index contributed by atoms with van der Waals surface area (Å²) in [5.74, 6) is -3.07. The highest BCUT2D eigenvalue weighted by Gasteiger charge is 2.21. The van der Waals surface area contributed by atoms with Crippen molar-refractivity contribution < 1.29 is 19.5 Å². The maximum Gasteiger partial charge on any atom is 0.270 e. The summed E-state index contributed by atoms with van der Waals surface area (Å²) in [6.45, 7) is 3.67. The number of hydrogen-bond acceptors (Lipinski definition) is 4. The van der Waals surface area contributed by atoms with Crippen molar-refractivity contribution in [2.45, 2.75) is 39.5 Å². The highest BCUT2D eigenvalue weighted by atomic mass is 79.9. The molecule has 6 nitrogen and oxygen atoms in total. The van der Waals surface area contributed by atoms with E-state index < -0.39 is 23.7 Å². The molecule has 2 N–H and O–H groups in total. The lowest BCUT2D eigenvalue weighted by atomic mass is 9.87. The number of carboxylic acids is 1. The Bertz CT molecular complexity index is 592. The van der Waals surface area contributed by atoms with E-state index in [0.717, 1.165) is 12.8 Å². The van der Waals surface area contributed by atoms with Gasteiger partial charge in [0.1, 0.15) is 0 Å². The number of carbonyl (C=O) groups is 3. The van der Waals surface area contributed by atoms with Gasteiger partial charge in [-0.15, -0.1) is 0 Å². The van der Waals surface area contributed by atoms with E-state index in [9.17, 15) is 19.5 Å². The average molecular weight is 398 g/mol. The van der Waals surface area contributed by atoms with E-state index >= 15 is 0 Å². The second-order valence-electron chi connectivity index (χ2n) is 5.73. The first-order chi connectivity index (χ1) is 11.4. The first kappa shape index (κ1) is 20.2. The van der Waals surface area contributed by atoms with E-state index in [4.69, 9.17) is 0 Å². The fraction of sp³-hybridized carbons (Fsp3) is 0.471. The minimum Gasteiger partial charge on any atom is -0.550 e. The molecule has 7 heteroatoms. The smallest absolute Gasteiger partial charge is 0.270 e. The zero-order valence-electron chi connectivity index (χ0n) is 13.8. The highest BCUT2D eigenvalue weighted by Crippen LogP contribution is 2.21. The van der Waals surface area contributed by atoms with E-state index in [0.29, 0.717) is 16.5 Å². The molecular weight excluding hydrogens is 376 g/mol. The van der Waals surface area contributed by atoms with Gasteiger partial charge in [0.25, 0.3) is 5.91 Å². The van der Waals surface area contributed by atoms with Crippen LogP contribution in [0.15, 0.2) is 28.7 Å². The Labute approximate surface area is 150 Å². The summed E-state index contributed by atoms with van der Waals surface area (Å²) in [4.78, 5) is 35.1. The van der Waals surface area contributed by atoms with E-state index in [1.807, 2.05) is 6.92 Å². The third kappa shape index (κ3) is 6.31. The molecule has 0 unspecified atom stereocenters. The van der Waals surface area contributed by atoms with Crippen LogP contribution in [0.1, 0.15) is 49.9 Å². The number of unbranched alkanes of at least 4 members (excludes halogenated alkanes) is 1. The van der Waals surface area contributed by atoms with E-state index in [2.05, 4.69) is 26.8 Å². The van der Waals surface area contributed by atoms with Crippen LogP contribution in [0.4, 0.5) is 0 Å². The Kier molecular flexibility index (Phi) is 8.46. The fourth-order valence-corrected chi connectivity index (χ4v) is 2.85. The minimum absolute atomic E-state index is 0.00139. The van der Waals surface area contributed by atoms with Crippen LogP contribution >= 0.6 is 15.9 Å². The summed E-state index contributed by atoms with van der Waals surface area (Å²) >= 11 is 3.26. The topological polar surface area (TPSA) is 98.3 Å². The number of nitrogens with one attached hydrogen (secondary N) is 2. The molecule has 2 atom stereocenters. The summed E-state index contributed by atoms with van der Waals surface area (Å²) in [5.41, 5.74) is 5.03. The summed E-state index contributed by atoms with van der Waals surface area (Å²) in [6, 6.07) is 6.82. The van der Waals surface area contributed by atoms with Gasteiger partial charge in [-0.05, 0) is 40.4 Å². The fourth-order valence-electron chi connectivity index (χ4n) is 2.38. The summed E-state index contributed by atoms with van der Waals surface area (Å²) in [7, 11) is 0. The predicted octanol–water partition coefficient (Wildman–Crippen LogP) is 1.79. The molecule has 0 saturated heterocycles. The monoisotopic (exact) mass is 397 g/mol. The number of carbonyl (C=O) groups excluding carboxylic acids is 3. The predicted molar refractivity (Wildman–Crippen MR) is 91.6 cm³/mol. The van der Waals surface area contributed by atoms with Crippen molar-refractivity contribution in [3.8, 4) is 0 Å². The Morgan fingerprint density at radius 3 is 2.46 bits per heavy atom. The Morgan fingerprint density at radius 2 is 1.88 bits per heavy atom. The first-order valence-electron chi connectivity index (χ1n) is 7.91. The van der Waals surface area contributed by atoms with Gasteiger partial charge in [-0.3, -0.25) is 20.4 Å². The standard InChI is InChI=1S/C17H23BrN2O4/c1-3-4-7-12(17(23)24)11(2)10-15(21)19-20-16(22)13-8-5-6-9-14(13)18/h5-6,8-9,11-12H,3-4,7,10H2,1-2H3,(H,19,21)(H,20,22)(H,23,24)/p-1/t11-,12-/m1/s1. The molecule has 0 aromatic heterocycles. The molecule has 0 aliphatic heterocycles. The van der Waals surface area contributed by atoms with E-state index in [1.54, 1.807) is 31.2 Å². The van der Waals surface area contributed by atoms with Crippen molar-refractivity contribution in [2.24, 2.45) is 11.8 Å². The molecule has 1 rings (SSSR count). The molecule has 0 aliphatic carbocycles. The average Bonchev–Trinajstić information content (AvgIpc) is 2.53. The van der Waals surface area contributed by atoms with Gasteiger partial charge in [-0.1, -0.05) is 38.8 Å². The SMILES string of the molecule is CCCC[C@@H](C(=O)[O-])[C@H](C)CC(=O)NNC(=O)c1ccccc1Br. The number of halogens is 1. The number of carboxylic acid groups (broad SMARTS) is 1. The van der Waals surface area contributed by atoms with Crippen LogP contribution in [0, 0.1) is 11.8 Å². The van der Waals surface area contributed by atoms with Crippen molar-refractivity contribution >= 4 is 33.7 Å². The van der Waals surface area contributed by atoms with Gasteiger partial charge in [0.2, 0.25) is 5.91 Å². The minimum atomic E-state index is -1.14. The number of amides is 2. The molecule has 0 radical (unpaired) electrons. The van der Waals surface area contributed by atoms with Gasteiger partial charge in [0, 0.05) is 22.8 Å². The van der Waals surface area contributed by atoms with Gasteiger partial charge in [-0.25, -0.2) is 0 Å². The van der Waals surface area contributed by atoms with Crippen LogP contribution in [-0.4, -0.2) is 17.8 Å². The Morgan fingerprint density at radius 1 is 1.21 bits per heavy atom. The lowest BCUT2D eigenvalue weighted by Gasteiger charge is -2.24. The molecule has 24 heavy (non-hydrogen) atoms. The van der Waals surface area contributed by atoms with Crippen molar-refractivity contribution in [3.05, 3.63) is 34.3 Å². The lowest BCUT2D eigenvalue weighted by Crippen LogP contribution is -2.43. The Hall–Kier alpha value is -1.89. The molecule has 0 heterocycles. The van der Waals surface area contributed by atoms with Crippen LogP contribution in [0.25, 0.3) is 0 Å². The highest BCUT2D eigenvalue weighted by molar-refractivity contribution is 9.10. The zero-order valence-corrected chi connectivity index (χ0v) is 15.4. The first-order valence-corrected chi connectivity index (χ1v) is 8.70. The van der Waals surface area contributed by atoms with Gasteiger partial charge >= 0.3 is 0 Å². The maximum atomic E-state index is 12.0. The van der Waals surface area contributed by atoms with Crippen LogP contribution in [-0.2, 0) is 9.59 Å². The van der Waals surface area contributed by atoms with Crippen LogP contribution in [0.3, 0.4) is 0 Å². The van der Waals surface area contributed by atoms with Crippen molar-refractivity contribution in [1.82, 2.24) is 10.9 Å². The summed E-state index contributed by atoms with van der Waals surface area (Å²) < 4.78 is 0.613. The normalized spacial score (nSPS) is 13.0. The van der Waals surface area contributed by atoms with Crippen molar-refractivity contribution in [2.75, 3.05) is 0 Å². The number of hydrogen-bond donors (Lipinski definition) is 2. The third-order valence-electron chi connectivity index (χ3n) is 3.80. The van der Waals surface area contributed by atoms with Crippen molar-refractivity contribution in [3.63, 3.8) is 0 Å². The summed E-state index contributed by atoms with van der Waals surface area (Å²) in [6.07, 6.45) is 2.13. The van der Waals surface area contributed by atoms with Crippen molar-refractivity contribution in [1.29, 1.82) is 0 Å². The molecular formula is C17H22BrN2O4-. The third-order valence-corrected chi connectivity index (χ3v) is 4.49. The molecule has 132 valence electrons. The maximum absolute atomic E-state index is 12.0. The van der Waals surface area contributed by atoms with Gasteiger partial charge in [0.05, 0.1) is 5.56 Å². The molecule has 0 aliphatic rings. The van der Waals surface area contributed by atoms with Gasteiger partial charge < -0.3 is 9.90 Å². The molecule has 2 amide bonds. The van der Waals surface area contributed by atoms with E-state index in [1.165, 1.54) is 0 Å². The molecule has 1 aromatic rings. The van der Waals surface area contributed by atoms with Crippen LogP contribution in [0.5, 0.6) is 0 Å². The van der Waals surface area contributed by atoms with Gasteiger partial charge in [-0.2, -0.15) is 0 Å². The second kappa shape index (κ2) is 10.1. The molecule has 0 saturated carbocycles. The molecule has 0 fully saturated rings. The van der Waals surface area contributed by atoms with Crippen LogP contribution in [0.2, 0.25) is 0 Å². The molecule has 0 bridgehead atoms. The van der Waals surface area contributed by atoms with Crippen LogP contribution < -0.4 is 16.0 Å². The largest absolute Gasteiger partial charge is 0.550 e. The number of benzene rings is 1. The lowest BCUT2D eigenvalue weighted by molar-refractivity contribution is -0.313. The molecule has 0 spiro atoms. The summed E-state index contributed by atoms with van der Waals surface area (Å²) in [5, 5.41) is 11.2. The number of aliphatic carboxylic acids is 1. The second-order valence-corrected chi connectivity index (χ2v) is 6.59. The quantitative estimate of drug-likeness (QED) is 0.653. The zero-order chi connectivity index (χ0) is 18.1. The van der Waals surface area contributed by atoms with Gasteiger partial charge in [0.15, 0.2) is 0 Å². The number of hydrazine groups is 1. The Balaban J connectivity index is 2.51. The molecule has 1 aromatic carbocycles. The van der Waals surface area contributed by atoms with E-state index in [-0.39, 0.29) is 12.3 Å². The number of rotatable bonds is 8.